The number of phenolic OH excluding ortho intramolecular Hbond substituents is 1. The third-order valence-corrected chi connectivity index (χ3v) is 14.7. The van der Waals surface area contributed by atoms with E-state index < -0.39 is 18.1 Å². The Hall–Kier alpha value is -5.66. The molecule has 7 rings (SSSR count). The predicted octanol–water partition coefficient (Wildman–Crippen LogP) is 6.26. The van der Waals surface area contributed by atoms with Gasteiger partial charge in [0.1, 0.15) is 30.2 Å². The van der Waals surface area contributed by atoms with Crippen molar-refractivity contribution < 1.29 is 38.5 Å². The first-order valence-corrected chi connectivity index (χ1v) is 25.0. The Kier molecular flexibility index (Phi) is 17.6. The number of hydrogen-bond acceptors (Lipinski definition) is 15. The lowest BCUT2D eigenvalue weighted by Crippen LogP contribution is -2.48. The zero-order valence-electron chi connectivity index (χ0n) is 40.3. The highest BCUT2D eigenvalue weighted by molar-refractivity contribution is 7.13. The van der Waals surface area contributed by atoms with Gasteiger partial charge in [-0.05, 0) is 105 Å². The molecule has 2 amide bonds. The number of aromatic hydroxyl groups is 1. The monoisotopic (exact) mass is 967 g/mol. The van der Waals surface area contributed by atoms with Crippen molar-refractivity contribution in [2.75, 3.05) is 72.3 Å². The number of nitrogens with two attached hydrogens (primary N) is 1. The van der Waals surface area contributed by atoms with Gasteiger partial charge in [0.2, 0.25) is 11.8 Å². The van der Waals surface area contributed by atoms with E-state index in [0.29, 0.717) is 43.4 Å². The second-order valence-electron chi connectivity index (χ2n) is 19.0. The lowest BCUT2D eigenvalue weighted by molar-refractivity contribution is -0.141. The maximum Gasteiger partial charge on any atom is 0.254 e. The fraction of sp³-hybridized carbons (Fsp3) is 0.529. The lowest BCUT2D eigenvalue weighted by atomic mass is 9.77. The smallest absolute Gasteiger partial charge is 0.254 e. The number of aryl methyl sites for hydroxylation is 1. The zero-order chi connectivity index (χ0) is 49.1. The maximum absolute atomic E-state index is 14.1. The van der Waals surface area contributed by atoms with Crippen LogP contribution in [0.5, 0.6) is 11.6 Å². The number of allylic oxidation sites excluding steroid dienone is 1. The number of unbranched alkanes of at least 4 members (excludes halogenated alkanes) is 1. The van der Waals surface area contributed by atoms with E-state index in [2.05, 4.69) is 25.3 Å². The Bertz CT molecular complexity index is 2390. The number of nitrogens with zero attached hydrogens (tertiary/aromatic N) is 5. The standard InChI is InChI=1S/C51H69N9O8S/c1-33(2)46(50(64)60-30-38(61)27-42(60)49(63)56-34(3)36-11-13-37(14-12-36)47-35(4)55-32-69-47)44-29-45(57-68-44)67-26-25-66-24-23-65-22-8-7-18-58-19-15-51(31-58)16-20-59(21-17-51)41(48(53)54)28-40(52)39-9-5-6-10-43(39)62/h5-6,9-14,28-29,32-34,38,42,46,52,61-62H,7-8,15-27,30-31H2,1-4H3,(H3,53,54)(H,56,63)/b41-28+,52-40?/t34-,38+,42-,46+/m0/s1. The second kappa shape index (κ2) is 23.8. The molecule has 3 aliphatic heterocycles. The van der Waals surface area contributed by atoms with Crippen molar-refractivity contribution in [3.63, 3.8) is 0 Å². The number of hydrogen-bond donors (Lipinski definition) is 6. The number of thiazole rings is 1. The van der Waals surface area contributed by atoms with Crippen LogP contribution in [0.25, 0.3) is 10.4 Å². The molecule has 69 heavy (non-hydrogen) atoms. The molecule has 2 aromatic carbocycles. The zero-order valence-corrected chi connectivity index (χ0v) is 41.1. The predicted molar refractivity (Wildman–Crippen MR) is 265 cm³/mol. The quantitative estimate of drug-likeness (QED) is 0.0274. The molecule has 5 heterocycles. The Morgan fingerprint density at radius 2 is 1.71 bits per heavy atom. The highest BCUT2D eigenvalue weighted by Crippen LogP contribution is 2.41. The fourth-order valence-corrected chi connectivity index (χ4v) is 10.6. The second-order valence-corrected chi connectivity index (χ2v) is 19.8. The van der Waals surface area contributed by atoms with Crippen LogP contribution in [0.2, 0.25) is 0 Å². The van der Waals surface area contributed by atoms with Crippen LogP contribution in [-0.2, 0) is 19.1 Å². The molecule has 2 aromatic heterocycles. The first kappa shape index (κ1) is 51.2. The van der Waals surface area contributed by atoms with E-state index in [9.17, 15) is 19.8 Å². The van der Waals surface area contributed by atoms with Crippen LogP contribution in [0.3, 0.4) is 0 Å². The van der Waals surface area contributed by atoms with E-state index in [4.69, 9.17) is 35.3 Å². The van der Waals surface area contributed by atoms with Crippen LogP contribution in [0.15, 0.2) is 76.4 Å². The highest BCUT2D eigenvalue weighted by Gasteiger charge is 2.44. The minimum atomic E-state index is -0.837. The summed E-state index contributed by atoms with van der Waals surface area (Å²) in [5.74, 6) is -1.04. The summed E-state index contributed by atoms with van der Waals surface area (Å²) in [6, 6.07) is 15.2. The molecule has 17 nitrogen and oxygen atoms in total. The van der Waals surface area contributed by atoms with Gasteiger partial charge in [-0.2, -0.15) is 0 Å². The summed E-state index contributed by atoms with van der Waals surface area (Å²) in [5, 5.41) is 44.7. The highest BCUT2D eigenvalue weighted by atomic mass is 32.1. The number of ether oxygens (including phenoxy) is 3. The van der Waals surface area contributed by atoms with Crippen molar-refractivity contribution in [2.45, 2.75) is 90.3 Å². The summed E-state index contributed by atoms with van der Waals surface area (Å²) in [4.78, 5) is 39.3. The number of piperidine rings is 1. The maximum atomic E-state index is 14.1. The van der Waals surface area contributed by atoms with Gasteiger partial charge in [-0.3, -0.25) is 15.0 Å². The van der Waals surface area contributed by atoms with Crippen LogP contribution in [-0.4, -0.2) is 143 Å². The van der Waals surface area contributed by atoms with E-state index in [1.807, 2.05) is 57.5 Å². The number of β-amino-alcohol motifs (C(OH)–C–C–N with tert-alkyl or cyclic N) is 1. The van der Waals surface area contributed by atoms with Gasteiger partial charge in [-0.1, -0.05) is 50.2 Å². The number of nitrogens with one attached hydrogen (secondary N) is 3. The minimum Gasteiger partial charge on any atom is -0.507 e. The largest absolute Gasteiger partial charge is 0.507 e. The van der Waals surface area contributed by atoms with Gasteiger partial charge >= 0.3 is 0 Å². The van der Waals surface area contributed by atoms with Crippen LogP contribution < -0.4 is 15.8 Å². The van der Waals surface area contributed by atoms with E-state index in [1.165, 1.54) is 4.90 Å². The number of aromatic nitrogens is 2. The summed E-state index contributed by atoms with van der Waals surface area (Å²) in [7, 11) is 0. The number of phenols is 1. The number of amides is 2. The van der Waals surface area contributed by atoms with Gasteiger partial charge in [0.05, 0.1) is 59.5 Å². The fourth-order valence-electron chi connectivity index (χ4n) is 9.77. The van der Waals surface area contributed by atoms with Crippen LogP contribution in [0.1, 0.15) is 93.8 Å². The number of rotatable bonds is 23. The molecule has 7 N–H and O–H groups in total. The van der Waals surface area contributed by atoms with Crippen molar-refractivity contribution >= 4 is 34.7 Å². The number of carbonyl (C=O) groups is 2. The Balaban J connectivity index is 0.758. The third kappa shape index (κ3) is 13.2. The number of amidine groups is 1. The SMILES string of the molecule is Cc1ncsc1-c1ccc([C@H](C)NC(=O)[C@@H]2C[C@@H](O)CN2C(=O)[C@@H](c2cc(OCCOCCOCCCCN3CCC4(CCN(/C(=C/C(=N)c5ccccc5O)C(=N)N)CC4)C3)no2)C(C)C)cc1. The van der Waals surface area contributed by atoms with Crippen molar-refractivity contribution in [1.82, 2.24) is 30.2 Å². The van der Waals surface area contributed by atoms with Gasteiger partial charge in [0.15, 0.2) is 5.76 Å². The van der Waals surface area contributed by atoms with Gasteiger partial charge < -0.3 is 60.1 Å². The first-order chi connectivity index (χ1) is 33.2. The van der Waals surface area contributed by atoms with Crippen molar-refractivity contribution in [2.24, 2.45) is 17.1 Å². The number of aliphatic hydroxyl groups is 1. The van der Waals surface area contributed by atoms with Crippen molar-refractivity contribution in [3.05, 3.63) is 94.5 Å². The molecular formula is C51H69N9O8S. The molecule has 1 spiro atoms. The van der Waals surface area contributed by atoms with E-state index in [0.717, 1.165) is 86.5 Å². The van der Waals surface area contributed by atoms with Crippen LogP contribution in [0, 0.1) is 29.1 Å². The molecule has 0 saturated carbocycles. The number of para-hydroxylation sites is 1. The summed E-state index contributed by atoms with van der Waals surface area (Å²) >= 11 is 1.59. The Labute approximate surface area is 409 Å². The van der Waals surface area contributed by atoms with Crippen molar-refractivity contribution in [3.8, 4) is 22.1 Å². The number of carbonyl (C=O) groups excluding carboxylic acids is 2. The summed E-state index contributed by atoms with van der Waals surface area (Å²) in [5.41, 5.74) is 12.1. The lowest BCUT2D eigenvalue weighted by Gasteiger charge is -2.41. The number of benzene rings is 2. The minimum absolute atomic E-state index is 0.0345. The topological polar surface area (TPSA) is 237 Å². The van der Waals surface area contributed by atoms with E-state index in [1.54, 1.807) is 47.7 Å². The molecule has 18 heteroatoms. The summed E-state index contributed by atoms with van der Waals surface area (Å²) in [6.45, 7) is 14.6. The van der Waals surface area contributed by atoms with E-state index >= 15 is 0 Å². The molecule has 0 radical (unpaired) electrons. The normalized spacial score (nSPS) is 19.3. The Morgan fingerprint density at radius 3 is 2.41 bits per heavy atom. The number of aliphatic hydroxyl groups excluding tert-OH is 1. The molecular weight excluding hydrogens is 899 g/mol. The van der Waals surface area contributed by atoms with Gasteiger partial charge in [-0.15, -0.1) is 11.3 Å². The van der Waals surface area contributed by atoms with Gasteiger partial charge in [-0.25, -0.2) is 4.98 Å². The van der Waals surface area contributed by atoms with Crippen LogP contribution >= 0.6 is 11.3 Å². The molecule has 372 valence electrons. The van der Waals surface area contributed by atoms with Gasteiger partial charge in [0, 0.05) is 50.8 Å². The molecule has 3 saturated heterocycles. The molecule has 4 aromatic rings. The summed E-state index contributed by atoms with van der Waals surface area (Å²) in [6.07, 6.45) is 6.08. The van der Waals surface area contributed by atoms with Gasteiger partial charge in [0.25, 0.3) is 5.88 Å². The summed E-state index contributed by atoms with van der Waals surface area (Å²) < 4.78 is 23.0. The van der Waals surface area contributed by atoms with E-state index in [-0.39, 0.29) is 71.9 Å². The molecule has 0 aliphatic carbocycles. The molecule has 4 atom stereocenters. The molecule has 3 fully saturated rings. The average Bonchev–Trinajstić information content (AvgIpc) is 4.15. The molecule has 0 bridgehead atoms. The third-order valence-electron chi connectivity index (χ3n) is 13.7. The Morgan fingerprint density at radius 1 is 1.00 bits per heavy atom. The molecule has 0 unspecified atom stereocenters. The average molecular weight is 968 g/mol. The van der Waals surface area contributed by atoms with Crippen molar-refractivity contribution in [1.29, 1.82) is 10.8 Å². The first-order valence-electron chi connectivity index (χ1n) is 24.2. The molecule has 3 aliphatic rings. The van der Waals surface area contributed by atoms with Crippen LogP contribution in [0.4, 0.5) is 0 Å². The number of likely N-dealkylation sites (tertiary alicyclic amines) is 3.